The first-order valence-electron chi connectivity index (χ1n) is 7.18. The van der Waals surface area contributed by atoms with Crippen LogP contribution in [-0.2, 0) is 10.2 Å². The molecule has 2 heterocycles. The molecule has 22 heavy (non-hydrogen) atoms. The lowest BCUT2D eigenvalue weighted by molar-refractivity contribution is -0.140. The van der Waals surface area contributed by atoms with Crippen LogP contribution in [0.2, 0.25) is 0 Å². The minimum atomic E-state index is -0.916. The van der Waals surface area contributed by atoms with Crippen molar-refractivity contribution in [3.8, 4) is 5.82 Å². The first-order valence-corrected chi connectivity index (χ1v) is 7.18. The Morgan fingerprint density at radius 3 is 2.95 bits per heavy atom. The van der Waals surface area contributed by atoms with Gasteiger partial charge in [0.15, 0.2) is 0 Å². The fourth-order valence-electron chi connectivity index (χ4n) is 2.93. The molecule has 0 saturated heterocycles. The van der Waals surface area contributed by atoms with Gasteiger partial charge in [-0.1, -0.05) is 0 Å². The number of carboxylic acid groups (broad SMARTS) is 1. The van der Waals surface area contributed by atoms with Gasteiger partial charge in [-0.2, -0.15) is 0 Å². The van der Waals surface area contributed by atoms with Crippen LogP contribution in [0.15, 0.2) is 30.9 Å². The molecule has 3 rings (SSSR count). The Hall–Kier alpha value is -2.28. The van der Waals surface area contributed by atoms with Gasteiger partial charge < -0.3 is 10.8 Å². The Kier molecular flexibility index (Phi) is 3.66. The highest BCUT2D eigenvalue weighted by molar-refractivity contribution is 5.85. The summed E-state index contributed by atoms with van der Waals surface area (Å²) in [5.41, 5.74) is 5.10. The summed E-state index contributed by atoms with van der Waals surface area (Å²) in [5.74, 6) is -0.708. The number of hydrogen-bond donors (Lipinski definition) is 2. The first kappa shape index (κ1) is 14.6. The topological polar surface area (TPSA) is 94.0 Å². The highest BCUT2D eigenvalue weighted by Crippen LogP contribution is 2.56. The Morgan fingerprint density at radius 2 is 2.32 bits per heavy atom. The third kappa shape index (κ3) is 2.37. The van der Waals surface area contributed by atoms with Crippen molar-refractivity contribution in [1.82, 2.24) is 14.5 Å². The molecule has 2 aromatic rings. The minimum absolute atomic E-state index is 0.0677. The molecule has 1 aliphatic rings. The maximum absolute atomic E-state index is 12.9. The third-order valence-corrected chi connectivity index (χ3v) is 4.26. The average molecular weight is 304 g/mol. The van der Waals surface area contributed by atoms with Crippen LogP contribution in [0.4, 0.5) is 4.39 Å². The van der Waals surface area contributed by atoms with E-state index in [9.17, 15) is 14.3 Å². The van der Waals surface area contributed by atoms with Crippen molar-refractivity contribution in [2.75, 3.05) is 6.54 Å². The number of aliphatic carboxylic acids is 1. The van der Waals surface area contributed by atoms with Crippen LogP contribution < -0.4 is 5.73 Å². The molecule has 3 N–H and O–H groups in total. The van der Waals surface area contributed by atoms with Crippen LogP contribution in [-0.4, -0.2) is 32.2 Å². The molecule has 7 heteroatoms. The monoisotopic (exact) mass is 304 g/mol. The fraction of sp³-hybridized carbons (Fsp3) is 0.400. The Bertz CT molecular complexity index is 685. The molecular weight excluding hydrogens is 287 g/mol. The highest BCUT2D eigenvalue weighted by atomic mass is 19.1. The molecule has 1 fully saturated rings. The van der Waals surface area contributed by atoms with E-state index in [1.807, 2.05) is 0 Å². The van der Waals surface area contributed by atoms with Crippen LogP contribution in [0.1, 0.15) is 25.0 Å². The molecule has 0 bridgehead atoms. The lowest BCUT2D eigenvalue weighted by Crippen LogP contribution is -2.23. The lowest BCUT2D eigenvalue weighted by atomic mass is 9.98. The molecular formula is C15H17FN4O2. The zero-order valence-corrected chi connectivity index (χ0v) is 11.9. The molecule has 0 aliphatic heterocycles. The van der Waals surface area contributed by atoms with Crippen LogP contribution in [0.5, 0.6) is 0 Å². The normalized spacial score (nSPS) is 23.5. The number of aromatic nitrogens is 3. The molecule has 0 amide bonds. The number of hydrogen-bond acceptors (Lipinski definition) is 4. The second-order valence-electron chi connectivity index (χ2n) is 5.61. The number of nitrogens with two attached hydrogens (primary N) is 1. The molecule has 0 unspecified atom stereocenters. The second kappa shape index (κ2) is 5.49. The van der Waals surface area contributed by atoms with Gasteiger partial charge in [0, 0.05) is 6.20 Å². The van der Waals surface area contributed by atoms with Crippen LogP contribution in [0.25, 0.3) is 5.82 Å². The van der Waals surface area contributed by atoms with Crippen LogP contribution >= 0.6 is 0 Å². The molecule has 1 saturated carbocycles. The maximum Gasteiger partial charge on any atom is 0.316 e. The minimum Gasteiger partial charge on any atom is -0.481 e. The van der Waals surface area contributed by atoms with Crippen molar-refractivity contribution in [2.24, 2.45) is 11.7 Å². The van der Waals surface area contributed by atoms with E-state index >= 15 is 0 Å². The highest BCUT2D eigenvalue weighted by Gasteiger charge is 2.62. The van der Waals surface area contributed by atoms with Gasteiger partial charge in [0.25, 0.3) is 0 Å². The van der Waals surface area contributed by atoms with E-state index in [0.717, 1.165) is 19.0 Å². The summed E-state index contributed by atoms with van der Waals surface area (Å²) < 4.78 is 14.5. The average Bonchev–Trinajstić information content (AvgIpc) is 3.04. The predicted molar refractivity (Wildman–Crippen MR) is 77.0 cm³/mol. The van der Waals surface area contributed by atoms with Gasteiger partial charge in [0.1, 0.15) is 23.4 Å². The van der Waals surface area contributed by atoms with E-state index in [1.54, 1.807) is 10.8 Å². The van der Waals surface area contributed by atoms with Crippen molar-refractivity contribution >= 4 is 5.97 Å². The van der Waals surface area contributed by atoms with Crippen molar-refractivity contribution in [3.63, 3.8) is 0 Å². The van der Waals surface area contributed by atoms with E-state index in [2.05, 4.69) is 9.97 Å². The number of imidazole rings is 1. The largest absolute Gasteiger partial charge is 0.481 e. The molecule has 0 radical (unpaired) electrons. The standard InChI is InChI=1S/C15H17FN4O2/c16-11-3-4-13(18-7-11)20-8-12(19-9-20)15(14(21)22)6-10(15)2-1-5-17/h3-4,7-10H,1-2,5-6,17H2,(H,21,22)/t10-,15+/m0/s1. The van der Waals surface area contributed by atoms with Gasteiger partial charge in [0.05, 0.1) is 11.9 Å². The van der Waals surface area contributed by atoms with Crippen molar-refractivity contribution in [2.45, 2.75) is 24.7 Å². The number of pyridine rings is 1. The summed E-state index contributed by atoms with van der Waals surface area (Å²) in [6, 6.07) is 2.82. The molecule has 2 atom stereocenters. The Balaban J connectivity index is 1.86. The summed E-state index contributed by atoms with van der Waals surface area (Å²) in [6.07, 6.45) is 6.46. The number of carboxylic acids is 1. The van der Waals surface area contributed by atoms with Gasteiger partial charge in [-0.05, 0) is 43.9 Å². The summed E-state index contributed by atoms with van der Waals surface area (Å²) in [6.45, 7) is 0.556. The second-order valence-corrected chi connectivity index (χ2v) is 5.61. The first-order chi connectivity index (χ1) is 10.6. The fourth-order valence-corrected chi connectivity index (χ4v) is 2.93. The summed E-state index contributed by atoms with van der Waals surface area (Å²) in [7, 11) is 0. The quantitative estimate of drug-likeness (QED) is 0.843. The SMILES string of the molecule is NCCC[C@H]1C[C@]1(C(=O)O)c1cn(-c2ccc(F)cn2)cn1. The van der Waals surface area contributed by atoms with E-state index < -0.39 is 17.2 Å². The van der Waals surface area contributed by atoms with Gasteiger partial charge in [-0.25, -0.2) is 14.4 Å². The van der Waals surface area contributed by atoms with Crippen molar-refractivity contribution < 1.29 is 14.3 Å². The number of nitrogens with zero attached hydrogens (tertiary/aromatic N) is 3. The Morgan fingerprint density at radius 1 is 1.50 bits per heavy atom. The molecule has 0 spiro atoms. The number of rotatable bonds is 6. The van der Waals surface area contributed by atoms with E-state index in [1.165, 1.54) is 18.5 Å². The Labute approximate surface area is 126 Å². The van der Waals surface area contributed by atoms with Crippen molar-refractivity contribution in [1.29, 1.82) is 0 Å². The van der Waals surface area contributed by atoms with Crippen LogP contribution in [0, 0.1) is 11.7 Å². The summed E-state index contributed by atoms with van der Waals surface area (Å²) in [5, 5.41) is 9.60. The molecule has 1 aliphatic carbocycles. The molecule has 0 aromatic carbocycles. The van der Waals surface area contributed by atoms with E-state index in [4.69, 9.17) is 5.73 Å². The van der Waals surface area contributed by atoms with Crippen LogP contribution in [0.3, 0.4) is 0 Å². The summed E-state index contributed by atoms with van der Waals surface area (Å²) >= 11 is 0. The van der Waals surface area contributed by atoms with Gasteiger partial charge >= 0.3 is 5.97 Å². The zero-order valence-electron chi connectivity index (χ0n) is 11.9. The predicted octanol–water partition coefficient (Wildman–Crippen LogP) is 1.49. The third-order valence-electron chi connectivity index (χ3n) is 4.26. The van der Waals surface area contributed by atoms with E-state index in [0.29, 0.717) is 24.5 Å². The maximum atomic E-state index is 12.9. The van der Waals surface area contributed by atoms with Gasteiger partial charge in [-0.15, -0.1) is 0 Å². The van der Waals surface area contributed by atoms with Crippen molar-refractivity contribution in [3.05, 3.63) is 42.4 Å². The summed E-state index contributed by atoms with van der Waals surface area (Å²) in [4.78, 5) is 19.9. The lowest BCUT2D eigenvalue weighted by Gasteiger charge is -2.09. The van der Waals surface area contributed by atoms with Gasteiger partial charge in [0.2, 0.25) is 0 Å². The van der Waals surface area contributed by atoms with Gasteiger partial charge in [-0.3, -0.25) is 9.36 Å². The number of halogens is 1. The van der Waals surface area contributed by atoms with E-state index in [-0.39, 0.29) is 5.92 Å². The molecule has 116 valence electrons. The smallest absolute Gasteiger partial charge is 0.316 e. The zero-order chi connectivity index (χ0) is 15.7. The molecule has 6 nitrogen and oxygen atoms in total. The molecule has 2 aromatic heterocycles. The number of carbonyl (C=O) groups is 1.